The molecule has 1 aliphatic heterocycles. The van der Waals surface area contributed by atoms with Gasteiger partial charge in [-0.25, -0.2) is 13.1 Å². The first-order valence-corrected chi connectivity index (χ1v) is 21.2. The lowest BCUT2D eigenvalue weighted by Crippen LogP contribution is -2.46. The van der Waals surface area contributed by atoms with Gasteiger partial charge in [-0.05, 0) is 112 Å². The number of halogens is 1. The molecule has 0 fully saturated rings. The van der Waals surface area contributed by atoms with Crippen molar-refractivity contribution in [3.05, 3.63) is 87.1 Å². The van der Waals surface area contributed by atoms with Crippen LogP contribution in [-0.2, 0) is 21.4 Å². The molecule has 4 aromatic rings. The number of nitrogens with zero attached hydrogens (tertiary/aromatic N) is 3. The van der Waals surface area contributed by atoms with Crippen molar-refractivity contribution >= 4 is 50.2 Å². The smallest absolute Gasteiger partial charge is 0.265 e. The molecule has 0 unspecified atom stereocenters. The number of sulfonamides is 1. The quantitative estimate of drug-likeness (QED) is 0.170. The molecule has 3 aromatic carbocycles. The molecule has 13 heteroatoms. The fourth-order valence-electron chi connectivity index (χ4n) is 7.36. The van der Waals surface area contributed by atoms with Gasteiger partial charge in [0.25, 0.3) is 21.8 Å². The third kappa shape index (κ3) is 9.69. The maximum atomic E-state index is 13.8. The van der Waals surface area contributed by atoms with Crippen molar-refractivity contribution in [2.45, 2.75) is 98.1 Å². The Bertz CT molecular complexity index is 2190. The van der Waals surface area contributed by atoms with Crippen molar-refractivity contribution in [3.8, 4) is 11.5 Å². The Hall–Kier alpha value is -4.55. The number of benzene rings is 3. The molecule has 11 nitrogen and oxygen atoms in total. The van der Waals surface area contributed by atoms with Gasteiger partial charge in [0.15, 0.2) is 0 Å². The van der Waals surface area contributed by atoms with Crippen LogP contribution in [0.15, 0.2) is 53.4 Å². The van der Waals surface area contributed by atoms with Gasteiger partial charge in [-0.1, -0.05) is 44.4 Å². The van der Waals surface area contributed by atoms with Gasteiger partial charge in [-0.15, -0.1) is 0 Å². The zero-order chi connectivity index (χ0) is 40.9. The molecule has 0 spiro atoms. The van der Waals surface area contributed by atoms with E-state index in [4.69, 9.17) is 21.1 Å². The van der Waals surface area contributed by atoms with Gasteiger partial charge < -0.3 is 23.8 Å². The summed E-state index contributed by atoms with van der Waals surface area (Å²) >= 11 is 6.31. The Morgan fingerprint density at radius 3 is 2.30 bits per heavy atom. The second-order valence-electron chi connectivity index (χ2n) is 15.2. The molecule has 56 heavy (non-hydrogen) atoms. The molecule has 0 bridgehead atoms. The summed E-state index contributed by atoms with van der Waals surface area (Å²) in [6, 6.07) is 12.8. The number of hydrogen-bond acceptors (Lipinski definition) is 7. The van der Waals surface area contributed by atoms with Gasteiger partial charge in [-0.3, -0.25) is 14.4 Å². The number of carbonyl (C=O) groups excluding carboxylic acids is 3. The third-order valence-corrected chi connectivity index (χ3v) is 12.7. The molecule has 302 valence electrons. The van der Waals surface area contributed by atoms with Crippen molar-refractivity contribution < 1.29 is 32.3 Å². The second kappa shape index (κ2) is 18.1. The number of hydrogen-bond donors (Lipinski definition) is 1. The van der Waals surface area contributed by atoms with Crippen LogP contribution in [0.25, 0.3) is 10.9 Å². The van der Waals surface area contributed by atoms with Gasteiger partial charge >= 0.3 is 0 Å². The van der Waals surface area contributed by atoms with E-state index in [1.54, 1.807) is 31.0 Å². The fraction of sp³-hybridized carbons (Fsp3) is 0.465. The van der Waals surface area contributed by atoms with Crippen LogP contribution in [0.5, 0.6) is 11.5 Å². The Morgan fingerprint density at radius 2 is 1.64 bits per heavy atom. The van der Waals surface area contributed by atoms with Crippen molar-refractivity contribution in [1.29, 1.82) is 0 Å². The standard InChI is InChI=1S/C43H55ClN4O7S/c1-27(2)39-26-55-40-17-15-35(25-37(40)43(51)46(8)18-11-9-10-12-19-48(39)32(7)49)56(52,53)45-42(50)33-14-16-36-30(5)31(6)47(38(36)24-33)20-13-21-54-34-22-28(3)41(44)29(4)23-34/h14-17,22-25,27,39H,9-13,18-21,26H2,1-8H3,(H,45,50)/t39-/m1/s1. The summed E-state index contributed by atoms with van der Waals surface area (Å²) in [6.45, 7) is 15.8. The van der Waals surface area contributed by atoms with Crippen LogP contribution in [0.2, 0.25) is 5.02 Å². The topological polar surface area (TPSA) is 127 Å². The Balaban J connectivity index is 1.37. The summed E-state index contributed by atoms with van der Waals surface area (Å²) in [4.78, 5) is 43.2. The molecule has 2 heterocycles. The largest absolute Gasteiger partial charge is 0.494 e. The Labute approximate surface area is 336 Å². The minimum absolute atomic E-state index is 0.0461. The number of rotatable bonds is 9. The zero-order valence-corrected chi connectivity index (χ0v) is 35.4. The van der Waals surface area contributed by atoms with Crippen LogP contribution in [-0.4, -0.2) is 79.9 Å². The molecule has 1 N–H and O–H groups in total. The average Bonchev–Trinajstić information content (AvgIpc) is 3.38. The summed E-state index contributed by atoms with van der Waals surface area (Å²) in [6.07, 6.45) is 4.09. The molecular weight excluding hydrogens is 752 g/mol. The summed E-state index contributed by atoms with van der Waals surface area (Å²) in [5, 5.41) is 1.69. The second-order valence-corrected chi connectivity index (χ2v) is 17.3. The number of fused-ring (bicyclic) bond motifs is 2. The van der Waals surface area contributed by atoms with Crippen molar-refractivity contribution in [2.24, 2.45) is 5.92 Å². The molecule has 1 atom stereocenters. The van der Waals surface area contributed by atoms with Gasteiger partial charge in [0, 0.05) is 60.8 Å². The van der Waals surface area contributed by atoms with E-state index in [0.29, 0.717) is 32.7 Å². The first-order chi connectivity index (χ1) is 26.5. The monoisotopic (exact) mass is 806 g/mol. The molecule has 0 saturated heterocycles. The summed E-state index contributed by atoms with van der Waals surface area (Å²) < 4.78 is 44.2. The number of ether oxygens (including phenoxy) is 2. The van der Waals surface area contributed by atoms with E-state index in [1.807, 2.05) is 64.6 Å². The highest BCUT2D eigenvalue weighted by Gasteiger charge is 2.28. The van der Waals surface area contributed by atoms with Crippen LogP contribution in [0.4, 0.5) is 0 Å². The molecule has 0 aliphatic carbocycles. The van der Waals surface area contributed by atoms with E-state index in [1.165, 1.54) is 18.2 Å². The molecule has 1 aliphatic rings. The third-order valence-electron chi connectivity index (χ3n) is 10.8. The number of carbonyl (C=O) groups is 3. The minimum atomic E-state index is -4.42. The van der Waals surface area contributed by atoms with Gasteiger partial charge in [0.1, 0.15) is 18.1 Å². The lowest BCUT2D eigenvalue weighted by atomic mass is 10.0. The molecule has 3 amide bonds. The maximum Gasteiger partial charge on any atom is 0.265 e. The molecule has 0 saturated carbocycles. The number of aromatic nitrogens is 1. The molecule has 1 aromatic heterocycles. The van der Waals surface area contributed by atoms with Crippen LogP contribution < -0.4 is 14.2 Å². The first-order valence-electron chi connectivity index (χ1n) is 19.4. The van der Waals surface area contributed by atoms with Crippen molar-refractivity contribution in [3.63, 3.8) is 0 Å². The number of amides is 3. The molecular formula is C43H55ClN4O7S. The number of nitrogens with one attached hydrogen (secondary N) is 1. The van der Waals surface area contributed by atoms with Crippen LogP contribution in [0.1, 0.15) is 96.0 Å². The first kappa shape index (κ1) is 42.6. The van der Waals surface area contributed by atoms with E-state index in [9.17, 15) is 22.8 Å². The van der Waals surface area contributed by atoms with Crippen molar-refractivity contribution in [1.82, 2.24) is 19.1 Å². The van der Waals surface area contributed by atoms with Gasteiger partial charge in [-0.2, -0.15) is 0 Å². The van der Waals surface area contributed by atoms with Gasteiger partial charge in [0.05, 0.1) is 23.1 Å². The fourth-order valence-corrected chi connectivity index (χ4v) is 8.47. The predicted molar refractivity (Wildman–Crippen MR) is 220 cm³/mol. The van der Waals surface area contributed by atoms with Crippen molar-refractivity contribution in [2.75, 3.05) is 33.4 Å². The maximum absolute atomic E-state index is 13.8. The van der Waals surface area contributed by atoms with Crippen LogP contribution in [0, 0.1) is 33.6 Å². The van der Waals surface area contributed by atoms with E-state index in [-0.39, 0.29) is 46.2 Å². The molecule has 0 radical (unpaired) electrons. The Morgan fingerprint density at radius 1 is 0.964 bits per heavy atom. The Kier molecular flexibility index (Phi) is 13.8. The summed E-state index contributed by atoms with van der Waals surface area (Å²) in [5.41, 5.74) is 5.06. The highest BCUT2D eigenvalue weighted by molar-refractivity contribution is 7.90. The van der Waals surface area contributed by atoms with E-state index >= 15 is 0 Å². The predicted octanol–water partition coefficient (Wildman–Crippen LogP) is 8.01. The SMILES string of the molecule is CC(=O)N1CCCCCCN(C)C(=O)c2cc(S(=O)(=O)NC(=O)c3ccc4c(C)c(C)n(CCCOc5cc(C)c(Cl)c(C)c5)c4c3)ccc2OC[C@@H]1C(C)C. The molecule has 5 rings (SSSR count). The highest BCUT2D eigenvalue weighted by atomic mass is 35.5. The highest BCUT2D eigenvalue weighted by Crippen LogP contribution is 2.30. The van der Waals surface area contributed by atoms with E-state index in [2.05, 4.69) is 9.29 Å². The van der Waals surface area contributed by atoms with Crippen LogP contribution >= 0.6 is 11.6 Å². The van der Waals surface area contributed by atoms with E-state index < -0.39 is 21.8 Å². The van der Waals surface area contributed by atoms with Gasteiger partial charge in [0.2, 0.25) is 5.91 Å². The lowest BCUT2D eigenvalue weighted by Gasteiger charge is -2.34. The zero-order valence-electron chi connectivity index (χ0n) is 33.8. The summed E-state index contributed by atoms with van der Waals surface area (Å²) in [7, 11) is -2.74. The lowest BCUT2D eigenvalue weighted by molar-refractivity contribution is -0.133. The summed E-state index contributed by atoms with van der Waals surface area (Å²) in [5.74, 6) is -0.205. The average molecular weight is 807 g/mol. The van der Waals surface area contributed by atoms with Crippen LogP contribution in [0.3, 0.4) is 0 Å². The van der Waals surface area contributed by atoms with E-state index in [0.717, 1.165) is 69.7 Å². The number of aryl methyl sites for hydroxylation is 4. The normalized spacial score (nSPS) is 16.0. The minimum Gasteiger partial charge on any atom is -0.494 e.